The SMILES string of the molecule is CCCOc1ccccc1-n1nnc(CN)c1-c1cccs1. The van der Waals surface area contributed by atoms with E-state index in [0.717, 1.165) is 34.1 Å². The van der Waals surface area contributed by atoms with E-state index in [1.165, 1.54) is 0 Å². The van der Waals surface area contributed by atoms with Gasteiger partial charge in [-0.2, -0.15) is 0 Å². The third-order valence-corrected chi connectivity index (χ3v) is 4.12. The quantitative estimate of drug-likeness (QED) is 0.758. The second kappa shape index (κ2) is 6.72. The van der Waals surface area contributed by atoms with Gasteiger partial charge in [-0.3, -0.25) is 0 Å². The van der Waals surface area contributed by atoms with Crippen molar-refractivity contribution in [2.75, 3.05) is 6.61 Å². The molecule has 3 aromatic rings. The smallest absolute Gasteiger partial charge is 0.145 e. The van der Waals surface area contributed by atoms with Crippen LogP contribution in [-0.4, -0.2) is 21.6 Å². The zero-order chi connectivity index (χ0) is 15.4. The van der Waals surface area contributed by atoms with E-state index >= 15 is 0 Å². The third-order valence-electron chi connectivity index (χ3n) is 3.24. The van der Waals surface area contributed by atoms with Crippen molar-refractivity contribution in [3.63, 3.8) is 0 Å². The molecule has 0 radical (unpaired) electrons. The molecule has 22 heavy (non-hydrogen) atoms. The van der Waals surface area contributed by atoms with Gasteiger partial charge in [-0.05, 0) is 30.0 Å². The maximum atomic E-state index is 5.84. The van der Waals surface area contributed by atoms with Crippen LogP contribution >= 0.6 is 11.3 Å². The molecule has 0 aliphatic rings. The molecule has 0 fully saturated rings. The molecule has 114 valence electrons. The van der Waals surface area contributed by atoms with E-state index in [1.807, 2.05) is 40.4 Å². The predicted molar refractivity (Wildman–Crippen MR) is 88.3 cm³/mol. The number of para-hydroxylation sites is 2. The summed E-state index contributed by atoms with van der Waals surface area (Å²) < 4.78 is 7.66. The van der Waals surface area contributed by atoms with Crippen molar-refractivity contribution in [1.82, 2.24) is 15.0 Å². The van der Waals surface area contributed by atoms with Crippen LogP contribution in [0.4, 0.5) is 0 Å². The molecular formula is C16H18N4OS. The standard InChI is InChI=1S/C16H18N4OS/c1-2-9-21-14-7-4-3-6-13(14)20-16(12(11-17)18-19-20)15-8-5-10-22-15/h3-8,10H,2,9,11,17H2,1H3. The first-order valence-electron chi connectivity index (χ1n) is 7.26. The van der Waals surface area contributed by atoms with Crippen LogP contribution in [0.5, 0.6) is 5.75 Å². The van der Waals surface area contributed by atoms with Crippen LogP contribution in [0.3, 0.4) is 0 Å². The van der Waals surface area contributed by atoms with Gasteiger partial charge in [0.1, 0.15) is 22.8 Å². The van der Waals surface area contributed by atoms with Gasteiger partial charge in [-0.1, -0.05) is 30.3 Å². The normalized spacial score (nSPS) is 10.8. The Bertz CT molecular complexity index is 736. The Morgan fingerprint density at radius 1 is 1.23 bits per heavy atom. The lowest BCUT2D eigenvalue weighted by atomic mass is 10.2. The van der Waals surface area contributed by atoms with Gasteiger partial charge >= 0.3 is 0 Å². The summed E-state index contributed by atoms with van der Waals surface area (Å²) in [6.07, 6.45) is 0.956. The van der Waals surface area contributed by atoms with Crippen LogP contribution in [-0.2, 0) is 6.54 Å². The summed E-state index contributed by atoms with van der Waals surface area (Å²) in [6.45, 7) is 3.11. The third kappa shape index (κ3) is 2.75. The van der Waals surface area contributed by atoms with Crippen LogP contribution in [0, 0.1) is 0 Å². The second-order valence-electron chi connectivity index (χ2n) is 4.79. The molecule has 2 aromatic heterocycles. The molecule has 0 unspecified atom stereocenters. The first kappa shape index (κ1) is 14.7. The van der Waals surface area contributed by atoms with Gasteiger partial charge in [-0.15, -0.1) is 16.4 Å². The van der Waals surface area contributed by atoms with Gasteiger partial charge in [0.05, 0.1) is 11.5 Å². The number of aromatic nitrogens is 3. The van der Waals surface area contributed by atoms with E-state index in [2.05, 4.69) is 23.3 Å². The van der Waals surface area contributed by atoms with Crippen molar-refractivity contribution in [1.29, 1.82) is 0 Å². The van der Waals surface area contributed by atoms with Crippen molar-refractivity contribution < 1.29 is 4.74 Å². The van der Waals surface area contributed by atoms with Crippen LogP contribution in [0.2, 0.25) is 0 Å². The summed E-state index contributed by atoms with van der Waals surface area (Å²) in [5.41, 5.74) is 8.43. The molecule has 2 heterocycles. The van der Waals surface area contributed by atoms with Crippen molar-refractivity contribution in [3.8, 4) is 22.0 Å². The number of nitrogens with zero attached hydrogens (tertiary/aromatic N) is 3. The van der Waals surface area contributed by atoms with E-state index in [1.54, 1.807) is 11.3 Å². The minimum atomic E-state index is 0.352. The highest BCUT2D eigenvalue weighted by atomic mass is 32.1. The Balaban J connectivity index is 2.12. The Kier molecular flexibility index (Phi) is 4.50. The summed E-state index contributed by atoms with van der Waals surface area (Å²) in [4.78, 5) is 1.09. The van der Waals surface area contributed by atoms with Crippen LogP contribution < -0.4 is 10.5 Å². The number of benzene rings is 1. The van der Waals surface area contributed by atoms with Crippen LogP contribution in [0.15, 0.2) is 41.8 Å². The van der Waals surface area contributed by atoms with Gasteiger partial charge < -0.3 is 10.5 Å². The lowest BCUT2D eigenvalue weighted by Crippen LogP contribution is -2.05. The summed E-state index contributed by atoms with van der Waals surface area (Å²) in [5.74, 6) is 0.802. The maximum absolute atomic E-state index is 5.84. The zero-order valence-electron chi connectivity index (χ0n) is 12.4. The molecule has 0 aliphatic carbocycles. The number of hydrogen-bond acceptors (Lipinski definition) is 5. The molecule has 1 aromatic carbocycles. The fourth-order valence-corrected chi connectivity index (χ4v) is 3.02. The van der Waals surface area contributed by atoms with Gasteiger partial charge in [0.25, 0.3) is 0 Å². The van der Waals surface area contributed by atoms with Crippen LogP contribution in [0.1, 0.15) is 19.0 Å². The Labute approximate surface area is 133 Å². The van der Waals surface area contributed by atoms with E-state index in [9.17, 15) is 0 Å². The molecule has 0 saturated heterocycles. The largest absolute Gasteiger partial charge is 0.491 e. The maximum Gasteiger partial charge on any atom is 0.145 e. The minimum absolute atomic E-state index is 0.352. The van der Waals surface area contributed by atoms with E-state index in [0.29, 0.717) is 13.2 Å². The number of rotatable bonds is 6. The lowest BCUT2D eigenvalue weighted by Gasteiger charge is -2.12. The fraction of sp³-hybridized carbons (Fsp3) is 0.250. The highest BCUT2D eigenvalue weighted by Crippen LogP contribution is 2.32. The highest BCUT2D eigenvalue weighted by Gasteiger charge is 2.18. The molecule has 2 N–H and O–H groups in total. The van der Waals surface area contributed by atoms with Gasteiger partial charge in [-0.25, -0.2) is 4.68 Å². The molecule has 0 bridgehead atoms. The van der Waals surface area contributed by atoms with E-state index < -0.39 is 0 Å². The topological polar surface area (TPSA) is 66.0 Å². The molecule has 0 aliphatic heterocycles. The first-order valence-corrected chi connectivity index (χ1v) is 8.13. The van der Waals surface area contributed by atoms with Gasteiger partial charge in [0.15, 0.2) is 0 Å². The lowest BCUT2D eigenvalue weighted by molar-refractivity contribution is 0.316. The Morgan fingerprint density at radius 3 is 2.82 bits per heavy atom. The molecule has 3 rings (SSSR count). The molecule has 0 amide bonds. The van der Waals surface area contributed by atoms with Crippen molar-refractivity contribution in [2.24, 2.45) is 5.73 Å². The molecule has 0 spiro atoms. The second-order valence-corrected chi connectivity index (χ2v) is 5.74. The summed E-state index contributed by atoms with van der Waals surface area (Å²) >= 11 is 1.65. The molecule has 0 atom stereocenters. The number of ether oxygens (including phenoxy) is 1. The molecule has 5 nitrogen and oxygen atoms in total. The summed E-state index contributed by atoms with van der Waals surface area (Å²) in [5, 5.41) is 10.6. The van der Waals surface area contributed by atoms with Gasteiger partial charge in [0.2, 0.25) is 0 Å². The number of hydrogen-bond donors (Lipinski definition) is 1. The van der Waals surface area contributed by atoms with E-state index in [-0.39, 0.29) is 0 Å². The molecular weight excluding hydrogens is 296 g/mol. The summed E-state index contributed by atoms with van der Waals surface area (Å²) in [6, 6.07) is 11.9. The summed E-state index contributed by atoms with van der Waals surface area (Å²) in [7, 11) is 0. The highest BCUT2D eigenvalue weighted by molar-refractivity contribution is 7.13. The number of nitrogens with two attached hydrogens (primary N) is 1. The predicted octanol–water partition coefficient (Wildman–Crippen LogP) is 3.24. The number of thiophene rings is 1. The van der Waals surface area contributed by atoms with Crippen molar-refractivity contribution >= 4 is 11.3 Å². The Morgan fingerprint density at radius 2 is 2.09 bits per heavy atom. The zero-order valence-corrected chi connectivity index (χ0v) is 13.2. The van der Waals surface area contributed by atoms with Crippen molar-refractivity contribution in [3.05, 3.63) is 47.5 Å². The molecule has 0 saturated carbocycles. The monoisotopic (exact) mass is 314 g/mol. The first-order chi connectivity index (χ1) is 10.8. The average molecular weight is 314 g/mol. The van der Waals surface area contributed by atoms with Crippen LogP contribution in [0.25, 0.3) is 16.3 Å². The molecule has 6 heteroatoms. The minimum Gasteiger partial charge on any atom is -0.491 e. The Hall–Kier alpha value is -2.18. The van der Waals surface area contributed by atoms with Crippen molar-refractivity contribution in [2.45, 2.75) is 19.9 Å². The van der Waals surface area contributed by atoms with Gasteiger partial charge in [0, 0.05) is 6.54 Å². The van der Waals surface area contributed by atoms with E-state index in [4.69, 9.17) is 10.5 Å². The average Bonchev–Trinajstić information content (AvgIpc) is 3.21. The fourth-order valence-electron chi connectivity index (χ4n) is 2.25.